The first kappa shape index (κ1) is 20.4. The molecule has 1 N–H and O–H groups in total. The zero-order chi connectivity index (χ0) is 21.8. The van der Waals surface area contributed by atoms with Crippen LogP contribution in [0.5, 0.6) is 5.75 Å². The number of halogens is 1. The molecule has 4 rings (SSSR count). The number of rotatable bonds is 7. The lowest BCUT2D eigenvalue weighted by Gasteiger charge is -2.08. The first-order valence-electron chi connectivity index (χ1n) is 9.83. The molecule has 0 spiro atoms. The zero-order valence-electron chi connectivity index (χ0n) is 17.3. The number of carbonyl (C=O) groups is 1. The zero-order valence-corrected chi connectivity index (χ0v) is 17.3. The van der Waals surface area contributed by atoms with Gasteiger partial charge in [0.15, 0.2) is 5.76 Å². The van der Waals surface area contributed by atoms with Crippen molar-refractivity contribution in [2.45, 2.75) is 27.0 Å². The van der Waals surface area contributed by atoms with E-state index in [1.807, 2.05) is 32.0 Å². The monoisotopic (exact) mass is 419 g/mol. The van der Waals surface area contributed by atoms with E-state index >= 15 is 0 Å². The van der Waals surface area contributed by atoms with Gasteiger partial charge >= 0.3 is 0 Å². The Morgan fingerprint density at radius 2 is 1.94 bits per heavy atom. The van der Waals surface area contributed by atoms with Crippen LogP contribution in [0.1, 0.15) is 33.0 Å². The van der Waals surface area contributed by atoms with Crippen LogP contribution in [0.4, 0.5) is 10.1 Å². The summed E-state index contributed by atoms with van der Waals surface area (Å²) in [6, 6.07) is 15.5. The smallest absolute Gasteiger partial charge is 0.291 e. The quantitative estimate of drug-likeness (QED) is 0.452. The third-order valence-corrected chi connectivity index (χ3v) is 4.75. The Balaban J connectivity index is 1.34. The van der Waals surface area contributed by atoms with Gasteiger partial charge in [0.1, 0.15) is 23.9 Å². The number of amides is 1. The van der Waals surface area contributed by atoms with E-state index in [0.29, 0.717) is 18.0 Å². The molecule has 0 aliphatic heterocycles. The highest BCUT2D eigenvalue weighted by molar-refractivity contribution is 6.02. The van der Waals surface area contributed by atoms with E-state index in [1.54, 1.807) is 41.3 Å². The number of nitrogens with zero attached hydrogens (tertiary/aromatic N) is 2. The van der Waals surface area contributed by atoms with Gasteiger partial charge in [-0.05, 0) is 60.9 Å². The summed E-state index contributed by atoms with van der Waals surface area (Å²) in [5, 5.41) is 6.98. The van der Waals surface area contributed by atoms with E-state index in [4.69, 9.17) is 9.15 Å². The summed E-state index contributed by atoms with van der Waals surface area (Å²) in [5.74, 6) is 0.869. The van der Waals surface area contributed by atoms with Crippen LogP contribution in [0.25, 0.3) is 0 Å². The Kier molecular flexibility index (Phi) is 5.84. The summed E-state index contributed by atoms with van der Waals surface area (Å²) < 4.78 is 26.1. The van der Waals surface area contributed by atoms with Gasteiger partial charge in [-0.15, -0.1) is 0 Å². The maximum absolute atomic E-state index is 13.0. The molecule has 0 saturated heterocycles. The van der Waals surface area contributed by atoms with Crippen molar-refractivity contribution in [1.82, 2.24) is 9.78 Å². The topological polar surface area (TPSA) is 69.3 Å². The van der Waals surface area contributed by atoms with Gasteiger partial charge in [0.05, 0.1) is 18.4 Å². The van der Waals surface area contributed by atoms with Crippen LogP contribution >= 0.6 is 0 Å². The van der Waals surface area contributed by atoms with Crippen molar-refractivity contribution in [2.75, 3.05) is 5.32 Å². The Labute approximate surface area is 179 Å². The maximum atomic E-state index is 13.0. The number of hydrogen-bond acceptors (Lipinski definition) is 4. The Morgan fingerprint density at radius 1 is 1.13 bits per heavy atom. The molecule has 6 nitrogen and oxygen atoms in total. The first-order valence-corrected chi connectivity index (χ1v) is 9.83. The van der Waals surface area contributed by atoms with Crippen molar-refractivity contribution < 1.29 is 18.3 Å². The van der Waals surface area contributed by atoms with Crippen LogP contribution in [0.2, 0.25) is 0 Å². The normalized spacial score (nSPS) is 10.8. The van der Waals surface area contributed by atoms with Crippen LogP contribution in [-0.4, -0.2) is 15.7 Å². The molecule has 4 aromatic rings. The van der Waals surface area contributed by atoms with Gasteiger partial charge in [0.2, 0.25) is 0 Å². The lowest BCUT2D eigenvalue weighted by atomic mass is 10.1. The molecule has 2 aromatic heterocycles. The van der Waals surface area contributed by atoms with Crippen LogP contribution in [0, 0.1) is 19.7 Å². The fraction of sp³-hybridized carbons (Fsp3) is 0.167. The van der Waals surface area contributed by atoms with E-state index < -0.39 is 0 Å². The standard InChI is InChI=1S/C24H22FN3O3/c1-16-3-4-17(2)23(11-16)30-15-21-9-10-22(31-21)24(29)27-20-12-26-28(14-20)13-18-5-7-19(25)8-6-18/h3-12,14H,13,15H2,1-2H3,(H,27,29). The molecule has 2 heterocycles. The van der Waals surface area contributed by atoms with Crippen molar-refractivity contribution in [2.24, 2.45) is 0 Å². The molecule has 2 aromatic carbocycles. The number of hydrogen-bond donors (Lipinski definition) is 1. The molecule has 31 heavy (non-hydrogen) atoms. The van der Waals surface area contributed by atoms with Gasteiger partial charge in [0.25, 0.3) is 5.91 Å². The second kappa shape index (κ2) is 8.87. The molecular weight excluding hydrogens is 397 g/mol. The molecule has 0 radical (unpaired) electrons. The van der Waals surface area contributed by atoms with Gasteiger partial charge in [0, 0.05) is 6.20 Å². The van der Waals surface area contributed by atoms with Crippen molar-refractivity contribution in [3.05, 3.63) is 101 Å². The van der Waals surface area contributed by atoms with Crippen molar-refractivity contribution in [3.63, 3.8) is 0 Å². The average molecular weight is 419 g/mol. The van der Waals surface area contributed by atoms with Gasteiger partial charge in [-0.25, -0.2) is 4.39 Å². The average Bonchev–Trinajstić information content (AvgIpc) is 3.40. The highest BCUT2D eigenvalue weighted by Gasteiger charge is 2.13. The van der Waals surface area contributed by atoms with E-state index in [2.05, 4.69) is 10.4 Å². The van der Waals surface area contributed by atoms with E-state index in [-0.39, 0.29) is 24.1 Å². The summed E-state index contributed by atoms with van der Waals surface area (Å²) in [6.07, 6.45) is 3.25. The summed E-state index contributed by atoms with van der Waals surface area (Å²) >= 11 is 0. The molecule has 1 amide bonds. The Bertz CT molecular complexity index is 1200. The predicted octanol–water partition coefficient (Wildman–Crippen LogP) is 5.11. The van der Waals surface area contributed by atoms with Crippen LogP contribution in [-0.2, 0) is 13.2 Å². The molecule has 0 aliphatic carbocycles. The van der Waals surface area contributed by atoms with Gasteiger partial charge in [-0.2, -0.15) is 5.10 Å². The van der Waals surface area contributed by atoms with Crippen molar-refractivity contribution in [1.29, 1.82) is 0 Å². The number of ether oxygens (including phenoxy) is 1. The molecule has 0 saturated carbocycles. The summed E-state index contributed by atoms with van der Waals surface area (Å²) in [7, 11) is 0. The number of anilines is 1. The summed E-state index contributed by atoms with van der Waals surface area (Å²) in [6.45, 7) is 4.68. The first-order chi connectivity index (χ1) is 15.0. The van der Waals surface area contributed by atoms with Crippen LogP contribution in [0.15, 0.2) is 71.4 Å². The summed E-state index contributed by atoms with van der Waals surface area (Å²) in [4.78, 5) is 12.5. The fourth-order valence-electron chi connectivity index (χ4n) is 3.07. The molecule has 0 unspecified atom stereocenters. The number of benzene rings is 2. The number of carbonyl (C=O) groups excluding carboxylic acids is 1. The number of aryl methyl sites for hydroxylation is 2. The minimum atomic E-state index is -0.376. The minimum Gasteiger partial charge on any atom is -0.485 e. The molecule has 0 bridgehead atoms. The van der Waals surface area contributed by atoms with Gasteiger partial charge in [-0.3, -0.25) is 9.48 Å². The highest BCUT2D eigenvalue weighted by atomic mass is 19.1. The molecule has 0 atom stereocenters. The predicted molar refractivity (Wildman–Crippen MR) is 115 cm³/mol. The Morgan fingerprint density at radius 3 is 2.74 bits per heavy atom. The van der Waals surface area contributed by atoms with Crippen LogP contribution < -0.4 is 10.1 Å². The van der Waals surface area contributed by atoms with Crippen molar-refractivity contribution in [3.8, 4) is 5.75 Å². The van der Waals surface area contributed by atoms with Gasteiger partial charge in [-0.1, -0.05) is 24.3 Å². The number of aromatic nitrogens is 2. The lowest BCUT2D eigenvalue weighted by molar-refractivity contribution is 0.0992. The van der Waals surface area contributed by atoms with Gasteiger partial charge < -0.3 is 14.5 Å². The molecular formula is C24H22FN3O3. The maximum Gasteiger partial charge on any atom is 0.291 e. The fourth-order valence-corrected chi connectivity index (χ4v) is 3.07. The third kappa shape index (κ3) is 5.19. The largest absolute Gasteiger partial charge is 0.485 e. The molecule has 7 heteroatoms. The summed E-state index contributed by atoms with van der Waals surface area (Å²) in [5.41, 5.74) is 3.59. The second-order valence-corrected chi connectivity index (χ2v) is 7.33. The lowest BCUT2D eigenvalue weighted by Crippen LogP contribution is -2.10. The van der Waals surface area contributed by atoms with E-state index in [0.717, 1.165) is 22.4 Å². The highest BCUT2D eigenvalue weighted by Crippen LogP contribution is 2.21. The second-order valence-electron chi connectivity index (χ2n) is 7.33. The SMILES string of the molecule is Cc1ccc(C)c(OCc2ccc(C(=O)Nc3cnn(Cc4ccc(F)cc4)c3)o2)c1. The molecule has 158 valence electrons. The minimum absolute atomic E-state index is 0.186. The Hall–Kier alpha value is -3.87. The van der Waals surface area contributed by atoms with E-state index in [9.17, 15) is 9.18 Å². The third-order valence-electron chi connectivity index (χ3n) is 4.75. The molecule has 0 fully saturated rings. The number of nitrogens with one attached hydrogen (secondary N) is 1. The number of furan rings is 1. The van der Waals surface area contributed by atoms with Crippen LogP contribution in [0.3, 0.4) is 0 Å². The van der Waals surface area contributed by atoms with Crippen molar-refractivity contribution >= 4 is 11.6 Å². The van der Waals surface area contributed by atoms with E-state index in [1.165, 1.54) is 12.1 Å². The molecule has 0 aliphatic rings.